The number of halogens is 6. The summed E-state index contributed by atoms with van der Waals surface area (Å²) in [5.41, 5.74) is 0. The summed E-state index contributed by atoms with van der Waals surface area (Å²) in [6.45, 7) is 2.53. The molecule has 19 heavy (non-hydrogen) atoms. The molecule has 0 spiro atoms. The predicted molar refractivity (Wildman–Crippen MR) is 54.2 cm³/mol. The van der Waals surface area contributed by atoms with Gasteiger partial charge < -0.3 is 10.6 Å². The van der Waals surface area contributed by atoms with Crippen molar-refractivity contribution >= 4 is 5.91 Å². The van der Waals surface area contributed by atoms with Gasteiger partial charge in [0.2, 0.25) is 11.8 Å². The average molecular weight is 292 g/mol. The molecule has 1 rings (SSSR count). The van der Waals surface area contributed by atoms with Crippen molar-refractivity contribution in [2.24, 2.45) is 11.8 Å². The molecule has 0 aromatic carbocycles. The van der Waals surface area contributed by atoms with Crippen LogP contribution < -0.4 is 10.6 Å². The summed E-state index contributed by atoms with van der Waals surface area (Å²) in [5, 5.41) is 4.79. The van der Waals surface area contributed by atoms with Gasteiger partial charge in [0.05, 0.1) is 0 Å². The molecule has 0 radical (unpaired) electrons. The molecule has 1 amide bonds. The molecule has 1 heterocycles. The second-order valence-corrected chi connectivity index (χ2v) is 4.60. The predicted octanol–water partition coefficient (Wildman–Crippen LogP) is 1.84. The zero-order valence-corrected chi connectivity index (χ0v) is 10.0. The summed E-state index contributed by atoms with van der Waals surface area (Å²) >= 11 is 0. The number of amides is 1. The first kappa shape index (κ1) is 16.1. The smallest absolute Gasteiger partial charge is 0.352 e. The molecule has 0 saturated carbocycles. The molecule has 3 nitrogen and oxygen atoms in total. The Morgan fingerprint density at radius 2 is 1.74 bits per heavy atom. The molecule has 2 atom stereocenters. The monoisotopic (exact) mass is 292 g/mol. The van der Waals surface area contributed by atoms with E-state index in [0.717, 1.165) is 0 Å². The van der Waals surface area contributed by atoms with Gasteiger partial charge in [-0.05, 0) is 25.4 Å². The Morgan fingerprint density at radius 1 is 1.21 bits per heavy atom. The molecule has 112 valence electrons. The summed E-state index contributed by atoms with van der Waals surface area (Å²) in [7, 11) is 0. The van der Waals surface area contributed by atoms with Crippen molar-refractivity contribution in [2.45, 2.75) is 31.7 Å². The molecule has 1 aliphatic rings. The van der Waals surface area contributed by atoms with Gasteiger partial charge in [-0.2, -0.15) is 26.3 Å². The molecule has 0 bridgehead atoms. The summed E-state index contributed by atoms with van der Waals surface area (Å²) in [4.78, 5) is 11.3. The first-order valence-electron chi connectivity index (χ1n) is 5.68. The summed E-state index contributed by atoms with van der Waals surface area (Å²) in [6, 6.07) is -0.680. The molecule has 2 unspecified atom stereocenters. The topological polar surface area (TPSA) is 41.1 Å². The van der Waals surface area contributed by atoms with E-state index >= 15 is 0 Å². The largest absolute Gasteiger partial charge is 0.409 e. The third-order valence-corrected chi connectivity index (χ3v) is 3.03. The molecule has 0 aromatic rings. The Labute approximate surface area is 105 Å². The van der Waals surface area contributed by atoms with Crippen molar-refractivity contribution in [1.29, 1.82) is 0 Å². The zero-order chi connectivity index (χ0) is 14.8. The lowest BCUT2D eigenvalue weighted by molar-refractivity contribution is -0.274. The van der Waals surface area contributed by atoms with Crippen LogP contribution in [-0.2, 0) is 4.79 Å². The minimum absolute atomic E-state index is 0.222. The van der Waals surface area contributed by atoms with Crippen molar-refractivity contribution in [1.82, 2.24) is 10.6 Å². The quantitative estimate of drug-likeness (QED) is 0.763. The van der Waals surface area contributed by atoms with E-state index < -0.39 is 30.2 Å². The van der Waals surface area contributed by atoms with Crippen LogP contribution in [-0.4, -0.2) is 37.4 Å². The Kier molecular flexibility index (Phi) is 4.70. The summed E-state index contributed by atoms with van der Waals surface area (Å²) < 4.78 is 73.9. The average Bonchev–Trinajstić information content (AvgIpc) is 2.16. The van der Waals surface area contributed by atoms with E-state index in [2.05, 4.69) is 5.32 Å². The molecule has 2 N–H and O–H groups in total. The van der Waals surface area contributed by atoms with Crippen LogP contribution in [0.4, 0.5) is 26.3 Å². The minimum atomic E-state index is -5.64. The van der Waals surface area contributed by atoms with Gasteiger partial charge >= 0.3 is 12.4 Å². The van der Waals surface area contributed by atoms with Gasteiger partial charge in [-0.3, -0.25) is 4.79 Å². The Morgan fingerprint density at radius 3 is 2.16 bits per heavy atom. The highest BCUT2D eigenvalue weighted by Gasteiger charge is 2.61. The number of piperidine rings is 1. The number of carbonyl (C=O) groups is 1. The minimum Gasteiger partial charge on any atom is -0.352 e. The van der Waals surface area contributed by atoms with Gasteiger partial charge in [-0.1, -0.05) is 6.92 Å². The highest BCUT2D eigenvalue weighted by atomic mass is 19.4. The fourth-order valence-electron chi connectivity index (χ4n) is 1.98. The second kappa shape index (κ2) is 5.56. The van der Waals surface area contributed by atoms with Crippen LogP contribution in [0.1, 0.15) is 13.3 Å². The Hall–Kier alpha value is -0.990. The van der Waals surface area contributed by atoms with Crippen LogP contribution >= 0.6 is 0 Å². The zero-order valence-electron chi connectivity index (χ0n) is 10.0. The number of hydrogen-bond acceptors (Lipinski definition) is 2. The number of hydrogen-bond donors (Lipinski definition) is 2. The van der Waals surface area contributed by atoms with Gasteiger partial charge in [0.15, 0.2) is 0 Å². The van der Waals surface area contributed by atoms with Crippen molar-refractivity contribution < 1.29 is 31.1 Å². The molecular formula is C10H14F6N2O. The first-order valence-corrected chi connectivity index (χ1v) is 5.68. The van der Waals surface area contributed by atoms with Crippen LogP contribution in [0.25, 0.3) is 0 Å². The highest BCUT2D eigenvalue weighted by molar-refractivity contribution is 5.80. The van der Waals surface area contributed by atoms with Gasteiger partial charge in [0, 0.05) is 6.04 Å². The molecular weight excluding hydrogens is 278 g/mol. The van der Waals surface area contributed by atoms with Gasteiger partial charge in [-0.25, -0.2) is 0 Å². The van der Waals surface area contributed by atoms with Gasteiger partial charge in [-0.15, -0.1) is 0 Å². The molecule has 9 heteroatoms. The maximum Gasteiger partial charge on any atom is 0.409 e. The maximum atomic E-state index is 12.3. The van der Waals surface area contributed by atoms with E-state index in [0.29, 0.717) is 19.5 Å². The van der Waals surface area contributed by atoms with Gasteiger partial charge in [0.1, 0.15) is 0 Å². The lowest BCUT2D eigenvalue weighted by Crippen LogP contribution is -2.54. The standard InChI is InChI=1S/C10H14F6N2O/c1-5-4-17-3-2-6(5)18-8(19)7(9(11,12)13)10(14,15)16/h5-7,17H,2-4H2,1H3,(H,18,19). The third kappa shape index (κ3) is 4.26. The third-order valence-electron chi connectivity index (χ3n) is 3.03. The van der Waals surface area contributed by atoms with E-state index in [1.165, 1.54) is 0 Å². The van der Waals surface area contributed by atoms with E-state index in [1.807, 2.05) is 5.32 Å². The molecule has 0 aromatic heterocycles. The van der Waals surface area contributed by atoms with E-state index in [9.17, 15) is 31.1 Å². The van der Waals surface area contributed by atoms with Crippen molar-refractivity contribution in [3.8, 4) is 0 Å². The van der Waals surface area contributed by atoms with Crippen molar-refractivity contribution in [3.63, 3.8) is 0 Å². The molecule has 0 aliphatic carbocycles. The fraction of sp³-hybridized carbons (Fsp3) is 0.900. The van der Waals surface area contributed by atoms with Crippen LogP contribution in [0.5, 0.6) is 0 Å². The lowest BCUT2D eigenvalue weighted by atomic mass is 9.94. The van der Waals surface area contributed by atoms with Crippen molar-refractivity contribution in [2.75, 3.05) is 13.1 Å². The van der Waals surface area contributed by atoms with E-state index in [4.69, 9.17) is 0 Å². The van der Waals surface area contributed by atoms with E-state index in [-0.39, 0.29) is 5.92 Å². The second-order valence-electron chi connectivity index (χ2n) is 4.60. The van der Waals surface area contributed by atoms with Crippen molar-refractivity contribution in [3.05, 3.63) is 0 Å². The molecule has 1 saturated heterocycles. The van der Waals surface area contributed by atoms with Crippen LogP contribution in [0, 0.1) is 11.8 Å². The van der Waals surface area contributed by atoms with E-state index in [1.54, 1.807) is 6.92 Å². The fourth-order valence-corrected chi connectivity index (χ4v) is 1.98. The summed E-state index contributed by atoms with van der Waals surface area (Å²) in [5.74, 6) is -6.22. The molecule has 1 aliphatic heterocycles. The molecule has 1 fully saturated rings. The number of rotatable bonds is 2. The van der Waals surface area contributed by atoms with Crippen LogP contribution in [0.15, 0.2) is 0 Å². The van der Waals surface area contributed by atoms with Crippen LogP contribution in [0.3, 0.4) is 0 Å². The van der Waals surface area contributed by atoms with Gasteiger partial charge in [0.25, 0.3) is 0 Å². The lowest BCUT2D eigenvalue weighted by Gasteiger charge is -2.32. The normalized spacial score (nSPS) is 25.5. The SMILES string of the molecule is CC1CNCCC1NC(=O)C(C(F)(F)F)C(F)(F)F. The summed E-state index contributed by atoms with van der Waals surface area (Å²) in [6.07, 6.45) is -11.0. The number of nitrogens with one attached hydrogen (secondary N) is 2. The van der Waals surface area contributed by atoms with Crippen LogP contribution in [0.2, 0.25) is 0 Å². The highest BCUT2D eigenvalue weighted by Crippen LogP contribution is 2.39. The Bertz CT molecular complexity index is 313. The first-order chi connectivity index (χ1) is 8.53. The number of alkyl halides is 6. The Balaban J connectivity index is 2.78. The number of carbonyl (C=O) groups excluding carboxylic acids is 1. The maximum absolute atomic E-state index is 12.3.